The third-order valence-electron chi connectivity index (χ3n) is 2.79. The highest BCUT2D eigenvalue weighted by atomic mass is 127. The van der Waals surface area contributed by atoms with Crippen molar-refractivity contribution >= 4 is 60.2 Å². The van der Waals surface area contributed by atoms with E-state index in [0.717, 1.165) is 32.3 Å². The van der Waals surface area contributed by atoms with Gasteiger partial charge in [0.15, 0.2) is 0 Å². The third-order valence-corrected chi connectivity index (χ3v) is 6.18. The number of aryl methyl sites for hydroxylation is 1. The van der Waals surface area contributed by atoms with Crippen molar-refractivity contribution in [1.29, 1.82) is 0 Å². The van der Waals surface area contributed by atoms with Crippen LogP contribution in [0.2, 0.25) is 0 Å². The van der Waals surface area contributed by atoms with E-state index in [1.165, 1.54) is 0 Å². The molecule has 0 bridgehead atoms. The zero-order valence-electron chi connectivity index (χ0n) is 11.6. The quantitative estimate of drug-likeness (QED) is 0.265. The highest BCUT2D eigenvalue weighted by Gasteiger charge is 2.14. The second kappa shape index (κ2) is 9.50. The van der Waals surface area contributed by atoms with Gasteiger partial charge in [0.05, 0.1) is 14.0 Å². The van der Waals surface area contributed by atoms with Crippen molar-refractivity contribution in [2.75, 3.05) is 6.61 Å². The van der Waals surface area contributed by atoms with E-state index in [9.17, 15) is 8.42 Å². The van der Waals surface area contributed by atoms with Crippen LogP contribution in [-0.4, -0.2) is 15.0 Å². The van der Waals surface area contributed by atoms with Gasteiger partial charge in [-0.3, -0.25) is 4.18 Å². The fourth-order valence-electron chi connectivity index (χ4n) is 1.60. The van der Waals surface area contributed by atoms with Crippen molar-refractivity contribution in [3.63, 3.8) is 0 Å². The largest absolute Gasteiger partial charge is 0.296 e. The Morgan fingerprint density at radius 2 is 1.86 bits per heavy atom. The molecule has 0 N–H and O–H groups in total. The molecule has 3 nitrogen and oxygen atoms in total. The first-order chi connectivity index (χ1) is 9.83. The van der Waals surface area contributed by atoms with Crippen LogP contribution in [0.1, 0.15) is 31.2 Å². The smallest absolute Gasteiger partial charge is 0.266 e. The molecule has 118 valence electrons. The second-order valence-corrected chi connectivity index (χ2v) is 9.99. The number of benzene rings is 1. The fraction of sp³-hybridized carbons (Fsp3) is 0.429. The van der Waals surface area contributed by atoms with Crippen molar-refractivity contribution in [1.82, 2.24) is 0 Å². The standard InChI is InChI=1S/C14H17BrClIO3S/c1-11-6-8-12(9-7-11)21(18,19)20-10-4-2-3-5-13(16)14(15)17/h6-9H,2-5,10H2,1H3/b14-13+. The van der Waals surface area contributed by atoms with E-state index >= 15 is 0 Å². The molecule has 0 heterocycles. The van der Waals surface area contributed by atoms with Crippen LogP contribution in [0.25, 0.3) is 0 Å². The van der Waals surface area contributed by atoms with E-state index in [1.54, 1.807) is 24.3 Å². The van der Waals surface area contributed by atoms with Crippen molar-refractivity contribution in [3.8, 4) is 0 Å². The van der Waals surface area contributed by atoms with Gasteiger partial charge in [0.2, 0.25) is 0 Å². The van der Waals surface area contributed by atoms with Crippen LogP contribution in [0.15, 0.2) is 36.7 Å². The van der Waals surface area contributed by atoms with Gasteiger partial charge in [-0.05, 0) is 76.8 Å². The third kappa shape index (κ3) is 7.45. The van der Waals surface area contributed by atoms with Crippen LogP contribution >= 0.6 is 50.1 Å². The van der Waals surface area contributed by atoms with E-state index in [1.807, 2.05) is 6.92 Å². The SMILES string of the molecule is Cc1ccc(S(=O)(=O)OCCCCC/C(Cl)=C(/Br)I)cc1. The molecule has 0 aliphatic heterocycles. The molecule has 0 fully saturated rings. The van der Waals surface area contributed by atoms with E-state index in [2.05, 4.69) is 38.5 Å². The minimum absolute atomic E-state index is 0.197. The Kier molecular flexibility index (Phi) is 8.78. The summed E-state index contributed by atoms with van der Waals surface area (Å²) in [6.07, 6.45) is 3.26. The van der Waals surface area contributed by atoms with Crippen LogP contribution < -0.4 is 0 Å². The summed E-state index contributed by atoms with van der Waals surface area (Å²) in [6, 6.07) is 6.64. The van der Waals surface area contributed by atoms with Crippen LogP contribution in [-0.2, 0) is 14.3 Å². The van der Waals surface area contributed by atoms with Gasteiger partial charge >= 0.3 is 0 Å². The Morgan fingerprint density at radius 3 is 2.43 bits per heavy atom. The van der Waals surface area contributed by atoms with Gasteiger partial charge in [0.1, 0.15) is 0 Å². The lowest BCUT2D eigenvalue weighted by Crippen LogP contribution is -2.07. The summed E-state index contributed by atoms with van der Waals surface area (Å²) in [5.41, 5.74) is 1.01. The monoisotopic (exact) mass is 506 g/mol. The topological polar surface area (TPSA) is 43.4 Å². The maximum Gasteiger partial charge on any atom is 0.296 e. The molecule has 21 heavy (non-hydrogen) atoms. The Labute approximate surface area is 153 Å². The minimum Gasteiger partial charge on any atom is -0.266 e. The minimum atomic E-state index is -3.64. The zero-order chi connectivity index (χ0) is 15.9. The highest BCUT2D eigenvalue weighted by Crippen LogP contribution is 2.26. The molecule has 0 saturated carbocycles. The molecule has 1 aromatic rings. The molecule has 0 unspecified atom stereocenters. The average Bonchev–Trinajstić information content (AvgIpc) is 2.42. The molecule has 0 aromatic heterocycles. The molecule has 0 atom stereocenters. The predicted octanol–water partition coefficient (Wildman–Crippen LogP) is 5.50. The van der Waals surface area contributed by atoms with Crippen LogP contribution in [0.3, 0.4) is 0 Å². The van der Waals surface area contributed by atoms with Gasteiger partial charge in [-0.2, -0.15) is 8.42 Å². The van der Waals surface area contributed by atoms with E-state index < -0.39 is 10.1 Å². The van der Waals surface area contributed by atoms with Gasteiger partial charge in [0.25, 0.3) is 10.1 Å². The fourth-order valence-corrected chi connectivity index (χ4v) is 3.14. The molecule has 0 aliphatic carbocycles. The molecule has 1 rings (SSSR count). The first-order valence-corrected chi connectivity index (χ1v) is 10.1. The number of halogens is 3. The van der Waals surface area contributed by atoms with Crippen molar-refractivity contribution in [2.45, 2.75) is 37.5 Å². The van der Waals surface area contributed by atoms with E-state index in [-0.39, 0.29) is 11.5 Å². The maximum atomic E-state index is 11.9. The first-order valence-electron chi connectivity index (χ1n) is 6.48. The van der Waals surface area contributed by atoms with E-state index in [0.29, 0.717) is 6.42 Å². The lowest BCUT2D eigenvalue weighted by molar-refractivity contribution is 0.307. The Morgan fingerprint density at radius 1 is 1.24 bits per heavy atom. The Balaban J connectivity index is 2.32. The molecule has 1 aromatic carbocycles. The van der Waals surface area contributed by atoms with Gasteiger partial charge in [-0.15, -0.1) is 0 Å². The summed E-state index contributed by atoms with van der Waals surface area (Å²) in [5.74, 6) is 0. The number of allylic oxidation sites excluding steroid dienone is 1. The molecular weight excluding hydrogens is 490 g/mol. The van der Waals surface area contributed by atoms with Crippen LogP contribution in [0, 0.1) is 6.92 Å². The van der Waals surface area contributed by atoms with Gasteiger partial charge in [0, 0.05) is 5.03 Å². The number of hydrogen-bond acceptors (Lipinski definition) is 3. The molecular formula is C14H17BrClIO3S. The number of unbranched alkanes of at least 4 members (excludes halogenated alkanes) is 2. The Bertz CT molecular complexity index is 581. The first kappa shape index (κ1) is 19.4. The molecule has 7 heteroatoms. The van der Waals surface area contributed by atoms with Gasteiger partial charge < -0.3 is 0 Å². The predicted molar refractivity (Wildman–Crippen MR) is 98.6 cm³/mol. The summed E-state index contributed by atoms with van der Waals surface area (Å²) in [7, 11) is -3.64. The van der Waals surface area contributed by atoms with E-state index in [4.69, 9.17) is 15.8 Å². The second-order valence-electron chi connectivity index (χ2n) is 4.57. The van der Waals surface area contributed by atoms with Gasteiger partial charge in [-0.25, -0.2) is 0 Å². The highest BCUT2D eigenvalue weighted by molar-refractivity contribution is 14.1. The number of hydrogen-bond donors (Lipinski definition) is 0. The average molecular weight is 508 g/mol. The summed E-state index contributed by atoms with van der Waals surface area (Å²) >= 11 is 11.4. The molecule has 0 amide bonds. The zero-order valence-corrected chi connectivity index (χ0v) is 16.9. The van der Waals surface area contributed by atoms with Crippen LogP contribution in [0.5, 0.6) is 0 Å². The summed E-state index contributed by atoms with van der Waals surface area (Å²) < 4.78 is 29.8. The number of rotatable bonds is 8. The van der Waals surface area contributed by atoms with Crippen molar-refractivity contribution < 1.29 is 12.6 Å². The van der Waals surface area contributed by atoms with Gasteiger partial charge in [-0.1, -0.05) is 35.7 Å². The van der Waals surface area contributed by atoms with Crippen molar-refractivity contribution in [3.05, 3.63) is 37.4 Å². The lowest BCUT2D eigenvalue weighted by Gasteiger charge is -2.06. The summed E-state index contributed by atoms with van der Waals surface area (Å²) in [5, 5.41) is 0.795. The summed E-state index contributed by atoms with van der Waals surface area (Å²) in [6.45, 7) is 2.11. The molecule has 0 spiro atoms. The normalized spacial score (nSPS) is 13.1. The molecule has 0 radical (unpaired) electrons. The lowest BCUT2D eigenvalue weighted by atomic mass is 10.2. The molecule has 0 saturated heterocycles. The molecule has 0 aliphatic rings. The van der Waals surface area contributed by atoms with Crippen LogP contribution in [0.4, 0.5) is 0 Å². The van der Waals surface area contributed by atoms with Crippen molar-refractivity contribution in [2.24, 2.45) is 0 Å². The Hall–Kier alpha value is 0.370. The summed E-state index contributed by atoms with van der Waals surface area (Å²) in [4.78, 5) is 0.202. The maximum absolute atomic E-state index is 11.9.